The van der Waals surface area contributed by atoms with Gasteiger partial charge in [-0.15, -0.1) is 0 Å². The molecule has 0 aliphatic rings. The second kappa shape index (κ2) is 20.7. The highest BCUT2D eigenvalue weighted by Crippen LogP contribution is 2.53. The molecule has 0 aromatic heterocycles. The van der Waals surface area contributed by atoms with Crippen LogP contribution in [-0.4, -0.2) is 16.7 Å². The summed E-state index contributed by atoms with van der Waals surface area (Å²) >= 11 is 0. The fourth-order valence-corrected chi connectivity index (χ4v) is 13.3. The maximum absolute atomic E-state index is 15.7. The lowest BCUT2D eigenvalue weighted by Crippen LogP contribution is -2.24. The monoisotopic (exact) mass is 1080 g/mol. The zero-order chi connectivity index (χ0) is 58.2. The predicted octanol–water partition coefficient (Wildman–Crippen LogP) is 20.1. The topological polar surface area (TPSA) is 134 Å². The third kappa shape index (κ3) is 10.7. The Kier molecular flexibility index (Phi) is 14.3. The summed E-state index contributed by atoms with van der Waals surface area (Å²) in [7, 11) is 0. The molecule has 0 fully saturated rings. The van der Waals surface area contributed by atoms with Crippen molar-refractivity contribution in [2.45, 2.75) is 132 Å². The van der Waals surface area contributed by atoms with E-state index in [0.717, 1.165) is 73.3 Å². The van der Waals surface area contributed by atoms with Gasteiger partial charge in [-0.1, -0.05) is 194 Å². The molecule has 10 aromatic rings. The van der Waals surface area contributed by atoms with E-state index in [0.29, 0.717) is 49.9 Å². The van der Waals surface area contributed by atoms with Crippen LogP contribution in [0.15, 0.2) is 146 Å². The molecule has 0 atom stereocenters. The quantitative estimate of drug-likeness (QED) is 0.0454. The fourth-order valence-electron chi connectivity index (χ4n) is 13.3. The van der Waals surface area contributed by atoms with Gasteiger partial charge in [0.25, 0.3) is 11.6 Å². The second-order valence-electron chi connectivity index (χ2n) is 26.6. The number of nitro groups is 1. The number of ether oxygens (including phenoxy) is 2. The molecule has 3 N–H and O–H groups in total. The summed E-state index contributed by atoms with van der Waals surface area (Å²) in [5.41, 5.74) is 13.5. The maximum atomic E-state index is 15.7. The van der Waals surface area contributed by atoms with Crippen molar-refractivity contribution in [1.82, 2.24) is 0 Å². The van der Waals surface area contributed by atoms with Gasteiger partial charge in [0.15, 0.2) is 0 Å². The predicted molar refractivity (Wildman–Crippen MR) is 336 cm³/mol. The molecule has 0 saturated carbocycles. The summed E-state index contributed by atoms with van der Waals surface area (Å²) in [6.45, 7) is 31.0. The van der Waals surface area contributed by atoms with Crippen LogP contribution >= 0.6 is 0 Å². The molecule has 0 radical (unpaired) electrons. The van der Waals surface area contributed by atoms with E-state index in [-0.39, 0.29) is 55.2 Å². The number of primary amides is 1. The highest BCUT2D eigenvalue weighted by Gasteiger charge is 2.32. The summed E-state index contributed by atoms with van der Waals surface area (Å²) in [6, 6.07) is 47.0. The molecule has 0 heterocycles. The van der Waals surface area contributed by atoms with Crippen molar-refractivity contribution >= 4 is 77.1 Å². The van der Waals surface area contributed by atoms with Crippen LogP contribution in [-0.2, 0) is 10.8 Å². The van der Waals surface area contributed by atoms with Gasteiger partial charge in [0.1, 0.15) is 23.0 Å². The number of para-hydroxylation sites is 1. The number of carbonyl (C=O) groups excluding carboxylic acids is 2. The first-order chi connectivity index (χ1) is 38.1. The fraction of sp³-hybridized carbons (Fsp3) is 0.306. The minimum absolute atomic E-state index is 0.0242. The van der Waals surface area contributed by atoms with Gasteiger partial charge < -0.3 is 20.5 Å². The van der Waals surface area contributed by atoms with E-state index >= 15 is 4.79 Å². The molecule has 0 aliphatic heterocycles. The van der Waals surface area contributed by atoms with Gasteiger partial charge in [-0.3, -0.25) is 19.7 Å². The average molecular weight is 1080 g/mol. The first-order valence-electron chi connectivity index (χ1n) is 28.3. The second-order valence-corrected chi connectivity index (χ2v) is 26.6. The Balaban J connectivity index is 1.32. The molecule has 0 unspecified atom stereocenters. The van der Waals surface area contributed by atoms with Crippen molar-refractivity contribution in [3.8, 4) is 34.1 Å². The Morgan fingerprint density at radius 2 is 0.951 bits per heavy atom. The molecular weight excluding hydrogens is 1000 g/mol. The number of amides is 2. The van der Waals surface area contributed by atoms with E-state index in [4.69, 9.17) is 15.2 Å². The van der Waals surface area contributed by atoms with Gasteiger partial charge in [-0.2, -0.15) is 0 Å². The molecule has 10 rings (SSSR count). The van der Waals surface area contributed by atoms with Gasteiger partial charge in [0.05, 0.1) is 21.4 Å². The van der Waals surface area contributed by atoms with Crippen molar-refractivity contribution in [3.05, 3.63) is 189 Å². The zero-order valence-corrected chi connectivity index (χ0v) is 49.4. The first kappa shape index (κ1) is 56.0. The number of hydrogen-bond donors (Lipinski definition) is 2. The Labute approximate surface area is 476 Å². The van der Waals surface area contributed by atoms with E-state index in [9.17, 15) is 14.9 Å². The van der Waals surface area contributed by atoms with Crippen molar-refractivity contribution in [3.63, 3.8) is 0 Å². The number of nitro benzene ring substituents is 1. The number of fused-ring (bicyclic) bond motifs is 3. The molecule has 414 valence electrons. The van der Waals surface area contributed by atoms with Crippen LogP contribution in [0.3, 0.4) is 0 Å². The molecular formula is C72H75N3O6. The summed E-state index contributed by atoms with van der Waals surface area (Å²) in [4.78, 5) is 42.2. The van der Waals surface area contributed by atoms with E-state index in [2.05, 4.69) is 151 Å². The van der Waals surface area contributed by atoms with E-state index < -0.39 is 11.8 Å². The smallest absolute Gasteiger partial charge is 0.277 e. The Bertz CT molecular complexity index is 4070. The van der Waals surface area contributed by atoms with Crippen LogP contribution < -0.4 is 20.5 Å². The molecule has 2 amide bonds. The minimum atomic E-state index is -0.734. The zero-order valence-electron chi connectivity index (χ0n) is 49.4. The van der Waals surface area contributed by atoms with E-state index in [1.54, 1.807) is 24.3 Å². The highest BCUT2D eigenvalue weighted by molar-refractivity contribution is 6.40. The minimum Gasteiger partial charge on any atom is -0.457 e. The highest BCUT2D eigenvalue weighted by atomic mass is 16.6. The molecule has 9 nitrogen and oxygen atoms in total. The number of carbonyl (C=O) groups is 2. The molecule has 0 spiro atoms. The number of nitrogens with zero attached hydrogens (tertiary/aromatic N) is 1. The largest absolute Gasteiger partial charge is 0.457 e. The third-order valence-corrected chi connectivity index (χ3v) is 16.1. The van der Waals surface area contributed by atoms with Crippen molar-refractivity contribution in [2.24, 2.45) is 16.6 Å². The standard InChI is InChI=1S/C72H75N3O6/c1-41(2)47-19-15-20-48(42(3)4)66(47)74-68(77)57-38-60(81-46-33-29-44(30-34-46)72(13,14)40-70(8,9)10)63-54-25-17-24-53-51(49-21-16-23-52-50(49)22-18-26-58(52)75(78)79)35-36-55(61(53)54)64-59(37-56(67(73)76)62(57)65(63)64)80-45-31-27-43(28-32-45)71(11,12)39-69(5,6)7/h15-38,41-42H,39-40H2,1-14H3,(H2,73,76)(H,74,77). The van der Waals surface area contributed by atoms with Gasteiger partial charge in [-0.05, 0) is 149 Å². The Hall–Kier alpha value is -8.30. The number of anilines is 1. The summed E-state index contributed by atoms with van der Waals surface area (Å²) in [5.74, 6) is 0.856. The van der Waals surface area contributed by atoms with Crippen LogP contribution in [0.25, 0.3) is 65.0 Å². The van der Waals surface area contributed by atoms with Crippen LogP contribution in [0.5, 0.6) is 23.0 Å². The maximum Gasteiger partial charge on any atom is 0.277 e. The summed E-state index contributed by atoms with van der Waals surface area (Å²) < 4.78 is 14.3. The van der Waals surface area contributed by atoms with Crippen molar-refractivity contribution in [1.29, 1.82) is 0 Å². The number of nitrogens with two attached hydrogens (primary N) is 1. The number of rotatable bonds is 15. The average Bonchev–Trinajstić information content (AvgIpc) is 3.54. The molecule has 0 bridgehead atoms. The van der Waals surface area contributed by atoms with E-state index in [1.807, 2.05) is 66.7 Å². The van der Waals surface area contributed by atoms with Crippen LogP contribution in [0.4, 0.5) is 11.4 Å². The van der Waals surface area contributed by atoms with Gasteiger partial charge in [0.2, 0.25) is 5.91 Å². The lowest BCUT2D eigenvalue weighted by Gasteiger charge is -2.33. The Morgan fingerprint density at radius 3 is 1.46 bits per heavy atom. The molecule has 81 heavy (non-hydrogen) atoms. The molecule has 9 heteroatoms. The molecule has 10 aromatic carbocycles. The number of nitrogens with one attached hydrogen (secondary N) is 1. The van der Waals surface area contributed by atoms with Crippen LogP contribution in [0.1, 0.15) is 165 Å². The normalized spacial score (nSPS) is 12.6. The number of non-ortho nitro benzene ring substituents is 1. The van der Waals surface area contributed by atoms with Crippen molar-refractivity contribution < 1.29 is 24.0 Å². The summed E-state index contributed by atoms with van der Waals surface area (Å²) in [5, 5.41) is 22.6. The van der Waals surface area contributed by atoms with Crippen LogP contribution in [0, 0.1) is 20.9 Å². The van der Waals surface area contributed by atoms with Crippen molar-refractivity contribution in [2.75, 3.05) is 5.32 Å². The Morgan fingerprint density at radius 1 is 0.506 bits per heavy atom. The van der Waals surface area contributed by atoms with E-state index in [1.165, 1.54) is 11.6 Å². The third-order valence-electron chi connectivity index (χ3n) is 16.1. The van der Waals surface area contributed by atoms with Gasteiger partial charge >= 0.3 is 0 Å². The molecule has 0 saturated heterocycles. The molecule has 0 aliphatic carbocycles. The van der Waals surface area contributed by atoms with Crippen LogP contribution in [0.2, 0.25) is 0 Å². The van der Waals surface area contributed by atoms with Gasteiger partial charge in [-0.25, -0.2) is 0 Å². The number of benzene rings is 10. The first-order valence-corrected chi connectivity index (χ1v) is 28.3. The summed E-state index contributed by atoms with van der Waals surface area (Å²) in [6.07, 6.45) is 1.92. The SMILES string of the molecule is CC(C)c1cccc(C(C)C)c1NC(=O)c1cc(Oc2ccc(C(C)(C)CC(C)(C)C)cc2)c2c3cccc4c(-c5cccc6c([N+](=O)[O-])cccc56)ccc(c5c(Oc6ccc(C(C)(C)CC(C)(C)C)cc6)cc(C(N)=O)c1c52)c43. The van der Waals surface area contributed by atoms with Gasteiger partial charge in [0, 0.05) is 33.3 Å². The lowest BCUT2D eigenvalue weighted by atomic mass is 9.72. The lowest BCUT2D eigenvalue weighted by molar-refractivity contribution is -0.383. The number of hydrogen-bond acceptors (Lipinski definition) is 6.